The topological polar surface area (TPSA) is 82.5 Å². The van der Waals surface area contributed by atoms with Crippen LogP contribution in [0.2, 0.25) is 0 Å². The zero-order valence-electron chi connectivity index (χ0n) is 13.4. The Morgan fingerprint density at radius 2 is 1.96 bits per heavy atom. The zero-order valence-corrected chi connectivity index (χ0v) is 13.4. The summed E-state index contributed by atoms with van der Waals surface area (Å²) in [6.45, 7) is -0.0375. The van der Waals surface area contributed by atoms with Gasteiger partial charge < -0.3 is 15.5 Å². The summed E-state index contributed by atoms with van der Waals surface area (Å²) in [5, 5.41) is 21.8. The maximum atomic E-state index is 12.5. The molecule has 3 rings (SSSR count). The number of hydrogen-bond donors (Lipinski definition) is 3. The van der Waals surface area contributed by atoms with Gasteiger partial charge in [-0.2, -0.15) is 0 Å². The average Bonchev–Trinajstić information content (AvgIpc) is 2.59. The van der Waals surface area contributed by atoms with Crippen LogP contribution < -0.4 is 5.32 Å². The molecule has 1 aromatic heterocycles. The van der Waals surface area contributed by atoms with Crippen molar-refractivity contribution in [1.82, 2.24) is 10.3 Å². The fourth-order valence-electron chi connectivity index (χ4n) is 3.05. The van der Waals surface area contributed by atoms with Crippen LogP contribution >= 0.6 is 0 Å². The van der Waals surface area contributed by atoms with Gasteiger partial charge in [0.15, 0.2) is 0 Å². The van der Waals surface area contributed by atoms with E-state index in [-0.39, 0.29) is 30.6 Å². The molecular formula is C19H22N2O3. The van der Waals surface area contributed by atoms with Crippen LogP contribution in [0.15, 0.2) is 48.7 Å². The van der Waals surface area contributed by atoms with E-state index in [1.54, 1.807) is 30.5 Å². The first-order valence-electron chi connectivity index (χ1n) is 8.24. The van der Waals surface area contributed by atoms with Gasteiger partial charge in [0.1, 0.15) is 0 Å². The fraction of sp³-hybridized carbons (Fsp3) is 0.368. The molecule has 3 N–H and O–H groups in total. The van der Waals surface area contributed by atoms with Gasteiger partial charge in [-0.1, -0.05) is 18.2 Å². The van der Waals surface area contributed by atoms with E-state index in [4.69, 9.17) is 5.11 Å². The van der Waals surface area contributed by atoms with Crippen molar-refractivity contribution >= 4 is 5.91 Å². The second kappa shape index (κ2) is 7.55. The summed E-state index contributed by atoms with van der Waals surface area (Å²) >= 11 is 0. The lowest BCUT2D eigenvalue weighted by molar-refractivity contribution is 0.0238. The number of carbonyl (C=O) groups is 1. The van der Waals surface area contributed by atoms with Crippen molar-refractivity contribution in [2.75, 3.05) is 0 Å². The standard InChI is InChI=1S/C19H22N2O3/c22-12-13-4-6-14(7-5-13)19(24)21-18(15-9-17(23)10-15)11-16-3-1-2-8-20-16/h1-8,15,17-18,22-23H,9-12H2,(H,21,24)/t15?,17?,18-/m1/s1. The molecule has 0 spiro atoms. The molecule has 1 amide bonds. The largest absolute Gasteiger partial charge is 0.393 e. The molecular weight excluding hydrogens is 304 g/mol. The Morgan fingerprint density at radius 3 is 2.54 bits per heavy atom. The number of benzene rings is 1. The van der Waals surface area contributed by atoms with Gasteiger partial charge in [0.05, 0.1) is 12.7 Å². The number of pyridine rings is 1. The predicted octanol–water partition coefficient (Wildman–Crippen LogP) is 1.69. The molecule has 0 radical (unpaired) electrons. The molecule has 0 saturated heterocycles. The molecule has 0 aliphatic heterocycles. The highest BCUT2D eigenvalue weighted by atomic mass is 16.3. The van der Waals surface area contributed by atoms with Gasteiger partial charge in [-0.25, -0.2) is 0 Å². The van der Waals surface area contributed by atoms with Crippen molar-refractivity contribution in [2.45, 2.75) is 38.0 Å². The number of amides is 1. The molecule has 1 aliphatic rings. The first-order chi connectivity index (χ1) is 11.7. The van der Waals surface area contributed by atoms with E-state index in [0.717, 1.165) is 11.3 Å². The van der Waals surface area contributed by atoms with E-state index < -0.39 is 0 Å². The first-order valence-corrected chi connectivity index (χ1v) is 8.24. The zero-order chi connectivity index (χ0) is 16.9. The summed E-state index contributed by atoms with van der Waals surface area (Å²) in [5.74, 6) is 0.129. The van der Waals surface area contributed by atoms with Crippen LogP contribution in [0.5, 0.6) is 0 Å². The minimum Gasteiger partial charge on any atom is -0.393 e. The van der Waals surface area contributed by atoms with Crippen molar-refractivity contribution in [3.63, 3.8) is 0 Å². The summed E-state index contributed by atoms with van der Waals surface area (Å²) in [4.78, 5) is 16.9. The lowest BCUT2D eigenvalue weighted by Gasteiger charge is -2.38. The van der Waals surface area contributed by atoms with Crippen LogP contribution in [-0.2, 0) is 13.0 Å². The minimum absolute atomic E-state index is 0.0375. The van der Waals surface area contributed by atoms with Crippen LogP contribution in [0.1, 0.15) is 34.5 Å². The summed E-state index contributed by atoms with van der Waals surface area (Å²) < 4.78 is 0. The SMILES string of the molecule is O=C(N[C@H](Cc1ccccn1)C1CC(O)C1)c1ccc(CO)cc1. The van der Waals surface area contributed by atoms with Crippen LogP contribution in [0, 0.1) is 5.92 Å². The Balaban J connectivity index is 1.69. The van der Waals surface area contributed by atoms with Crippen molar-refractivity contribution in [1.29, 1.82) is 0 Å². The molecule has 1 aliphatic carbocycles. The number of aliphatic hydroxyl groups is 2. The Hall–Kier alpha value is -2.24. The van der Waals surface area contributed by atoms with Crippen LogP contribution in [0.25, 0.3) is 0 Å². The van der Waals surface area contributed by atoms with Gasteiger partial charge in [-0.05, 0) is 48.6 Å². The number of rotatable bonds is 6. The molecule has 1 saturated carbocycles. The lowest BCUT2D eigenvalue weighted by atomic mass is 9.76. The monoisotopic (exact) mass is 326 g/mol. The van der Waals surface area contributed by atoms with Crippen LogP contribution in [0.3, 0.4) is 0 Å². The summed E-state index contributed by atoms with van der Waals surface area (Å²) in [7, 11) is 0. The molecule has 24 heavy (non-hydrogen) atoms. The normalized spacial score (nSPS) is 20.9. The van der Waals surface area contributed by atoms with Crippen LogP contribution in [-0.4, -0.2) is 33.3 Å². The minimum atomic E-state index is -0.262. The molecule has 5 heteroatoms. The number of aromatic nitrogens is 1. The number of carbonyl (C=O) groups excluding carboxylic acids is 1. The molecule has 126 valence electrons. The van der Waals surface area contributed by atoms with E-state index in [0.29, 0.717) is 24.8 Å². The predicted molar refractivity (Wildman–Crippen MR) is 90.3 cm³/mol. The van der Waals surface area contributed by atoms with E-state index in [9.17, 15) is 9.90 Å². The van der Waals surface area contributed by atoms with Gasteiger partial charge >= 0.3 is 0 Å². The third kappa shape index (κ3) is 3.99. The Labute approximate surface area is 141 Å². The maximum absolute atomic E-state index is 12.5. The van der Waals surface area contributed by atoms with Gasteiger partial charge in [0.25, 0.3) is 5.91 Å². The summed E-state index contributed by atoms with van der Waals surface area (Å²) in [6.07, 6.45) is 3.56. The highest BCUT2D eigenvalue weighted by Gasteiger charge is 2.35. The van der Waals surface area contributed by atoms with Crippen LogP contribution in [0.4, 0.5) is 0 Å². The number of nitrogens with zero attached hydrogens (tertiary/aromatic N) is 1. The lowest BCUT2D eigenvalue weighted by Crippen LogP contribution is -2.48. The Bertz CT molecular complexity index is 667. The number of aliphatic hydroxyl groups excluding tert-OH is 2. The first kappa shape index (κ1) is 16.6. The number of hydrogen-bond acceptors (Lipinski definition) is 4. The Morgan fingerprint density at radius 1 is 1.21 bits per heavy atom. The fourth-order valence-corrected chi connectivity index (χ4v) is 3.05. The molecule has 1 fully saturated rings. The van der Waals surface area contributed by atoms with Crippen molar-refractivity contribution in [3.8, 4) is 0 Å². The van der Waals surface area contributed by atoms with E-state index >= 15 is 0 Å². The molecule has 5 nitrogen and oxygen atoms in total. The highest BCUT2D eigenvalue weighted by Crippen LogP contribution is 2.31. The second-order valence-electron chi connectivity index (χ2n) is 6.35. The van der Waals surface area contributed by atoms with Crippen molar-refractivity contribution < 1.29 is 15.0 Å². The van der Waals surface area contributed by atoms with E-state index in [1.807, 2.05) is 18.2 Å². The smallest absolute Gasteiger partial charge is 0.251 e. The summed E-state index contributed by atoms with van der Waals surface area (Å²) in [6, 6.07) is 12.6. The quantitative estimate of drug-likeness (QED) is 0.754. The van der Waals surface area contributed by atoms with Gasteiger partial charge in [-0.3, -0.25) is 9.78 Å². The molecule has 0 bridgehead atoms. The highest BCUT2D eigenvalue weighted by molar-refractivity contribution is 5.94. The molecule has 1 aromatic carbocycles. The second-order valence-corrected chi connectivity index (χ2v) is 6.35. The molecule has 2 aromatic rings. The van der Waals surface area contributed by atoms with Gasteiger partial charge in [-0.15, -0.1) is 0 Å². The third-order valence-electron chi connectivity index (χ3n) is 4.59. The average molecular weight is 326 g/mol. The molecule has 0 unspecified atom stereocenters. The van der Waals surface area contributed by atoms with Gasteiger partial charge in [0, 0.05) is 29.9 Å². The number of nitrogens with one attached hydrogen (secondary N) is 1. The maximum Gasteiger partial charge on any atom is 0.251 e. The van der Waals surface area contributed by atoms with Gasteiger partial charge in [0.2, 0.25) is 0 Å². The third-order valence-corrected chi connectivity index (χ3v) is 4.59. The molecule has 1 heterocycles. The van der Waals surface area contributed by atoms with E-state index in [2.05, 4.69) is 10.3 Å². The Kier molecular flexibility index (Phi) is 5.23. The summed E-state index contributed by atoms with van der Waals surface area (Å²) in [5.41, 5.74) is 2.27. The van der Waals surface area contributed by atoms with Crippen molar-refractivity contribution in [2.24, 2.45) is 5.92 Å². The van der Waals surface area contributed by atoms with Crippen molar-refractivity contribution in [3.05, 3.63) is 65.5 Å². The molecule has 1 atom stereocenters. The van der Waals surface area contributed by atoms with E-state index in [1.165, 1.54) is 0 Å².